The Kier molecular flexibility index (Phi) is 7.84. The molecule has 0 saturated carbocycles. The molecule has 0 aromatic rings. The SMILES string of the molecule is CN(CCO)CCN=CCC=N. The Labute approximate surface area is 73.4 Å². The Morgan fingerprint density at radius 2 is 2.25 bits per heavy atom. The van der Waals surface area contributed by atoms with Crippen molar-refractivity contribution in [2.24, 2.45) is 4.99 Å². The molecule has 4 heteroatoms. The molecule has 0 heterocycles. The van der Waals surface area contributed by atoms with Gasteiger partial charge in [-0.2, -0.15) is 0 Å². The van der Waals surface area contributed by atoms with Crippen LogP contribution < -0.4 is 0 Å². The maximum absolute atomic E-state index is 8.57. The molecule has 0 unspecified atom stereocenters. The Balaban J connectivity index is 3.23. The van der Waals surface area contributed by atoms with Crippen molar-refractivity contribution < 1.29 is 5.11 Å². The van der Waals surface area contributed by atoms with Gasteiger partial charge in [-0.1, -0.05) is 0 Å². The van der Waals surface area contributed by atoms with Gasteiger partial charge >= 0.3 is 0 Å². The molecule has 2 N–H and O–H groups in total. The van der Waals surface area contributed by atoms with Gasteiger partial charge in [-0.25, -0.2) is 0 Å². The third-order valence-corrected chi connectivity index (χ3v) is 1.44. The van der Waals surface area contributed by atoms with Gasteiger partial charge in [0.05, 0.1) is 13.2 Å². The second-order valence-electron chi connectivity index (χ2n) is 2.56. The molecular weight excluding hydrogens is 154 g/mol. The van der Waals surface area contributed by atoms with Crippen LogP contribution >= 0.6 is 0 Å². The highest BCUT2D eigenvalue weighted by molar-refractivity contribution is 5.77. The zero-order chi connectivity index (χ0) is 9.23. The minimum absolute atomic E-state index is 0.195. The van der Waals surface area contributed by atoms with Crippen molar-refractivity contribution in [1.82, 2.24) is 4.90 Å². The number of hydrogen-bond donors (Lipinski definition) is 2. The first-order chi connectivity index (χ1) is 5.81. The van der Waals surface area contributed by atoms with Crippen LogP contribution in [0.4, 0.5) is 0 Å². The van der Waals surface area contributed by atoms with Crippen molar-refractivity contribution in [1.29, 1.82) is 5.41 Å². The molecule has 0 spiro atoms. The topological polar surface area (TPSA) is 59.7 Å². The van der Waals surface area contributed by atoms with Crippen molar-refractivity contribution in [2.45, 2.75) is 6.42 Å². The van der Waals surface area contributed by atoms with E-state index in [2.05, 4.69) is 4.99 Å². The molecule has 0 aliphatic rings. The minimum Gasteiger partial charge on any atom is -0.395 e. The molecule has 0 rings (SSSR count). The largest absolute Gasteiger partial charge is 0.395 e. The van der Waals surface area contributed by atoms with Crippen LogP contribution in [0.2, 0.25) is 0 Å². The fourth-order valence-electron chi connectivity index (χ4n) is 0.729. The average Bonchev–Trinajstić information content (AvgIpc) is 2.05. The monoisotopic (exact) mass is 171 g/mol. The number of nitrogens with one attached hydrogen (secondary N) is 1. The van der Waals surface area contributed by atoms with Gasteiger partial charge in [0.15, 0.2) is 0 Å². The fraction of sp³-hybridized carbons (Fsp3) is 0.750. The Bertz CT molecular complexity index is 136. The second kappa shape index (κ2) is 8.36. The van der Waals surface area contributed by atoms with Crippen molar-refractivity contribution in [3.63, 3.8) is 0 Å². The molecule has 0 aliphatic carbocycles. The van der Waals surface area contributed by atoms with E-state index in [1.807, 2.05) is 11.9 Å². The molecule has 0 fully saturated rings. The molecule has 0 saturated heterocycles. The average molecular weight is 171 g/mol. The van der Waals surface area contributed by atoms with E-state index < -0.39 is 0 Å². The van der Waals surface area contributed by atoms with Crippen LogP contribution in [0.25, 0.3) is 0 Å². The third kappa shape index (κ3) is 7.37. The summed E-state index contributed by atoms with van der Waals surface area (Å²) in [6, 6.07) is 0. The summed E-state index contributed by atoms with van der Waals surface area (Å²) in [7, 11) is 1.95. The lowest BCUT2D eigenvalue weighted by atomic mass is 10.5. The van der Waals surface area contributed by atoms with Crippen LogP contribution in [0.5, 0.6) is 0 Å². The number of aliphatic hydroxyl groups is 1. The molecule has 0 atom stereocenters. The van der Waals surface area contributed by atoms with Gasteiger partial charge in [0.1, 0.15) is 0 Å². The highest BCUT2D eigenvalue weighted by Gasteiger charge is 1.93. The van der Waals surface area contributed by atoms with Crippen LogP contribution in [-0.2, 0) is 0 Å². The van der Waals surface area contributed by atoms with Crippen LogP contribution in [0.15, 0.2) is 4.99 Å². The number of nitrogens with zero attached hydrogens (tertiary/aromatic N) is 2. The van der Waals surface area contributed by atoms with Crippen LogP contribution in [0.3, 0.4) is 0 Å². The Morgan fingerprint density at radius 3 is 2.83 bits per heavy atom. The van der Waals surface area contributed by atoms with Gasteiger partial charge in [0.2, 0.25) is 0 Å². The van der Waals surface area contributed by atoms with E-state index >= 15 is 0 Å². The van der Waals surface area contributed by atoms with Crippen molar-refractivity contribution in [3.05, 3.63) is 0 Å². The summed E-state index contributed by atoms with van der Waals surface area (Å²) in [5.74, 6) is 0. The first-order valence-electron chi connectivity index (χ1n) is 4.08. The van der Waals surface area contributed by atoms with E-state index in [1.54, 1.807) is 6.21 Å². The molecule has 0 amide bonds. The summed E-state index contributed by atoms with van der Waals surface area (Å²) >= 11 is 0. The molecule has 0 aromatic carbocycles. The summed E-state index contributed by atoms with van der Waals surface area (Å²) in [6.45, 7) is 2.49. The van der Waals surface area contributed by atoms with Crippen LogP contribution in [0.1, 0.15) is 6.42 Å². The Morgan fingerprint density at radius 1 is 1.50 bits per heavy atom. The number of aliphatic hydroxyl groups excluding tert-OH is 1. The van der Waals surface area contributed by atoms with E-state index in [-0.39, 0.29) is 6.61 Å². The molecule has 0 aliphatic heterocycles. The molecule has 4 nitrogen and oxygen atoms in total. The molecule has 12 heavy (non-hydrogen) atoms. The summed E-state index contributed by atoms with van der Waals surface area (Å²) in [5.41, 5.74) is 0. The normalized spacial score (nSPS) is 11.2. The molecule has 0 radical (unpaired) electrons. The zero-order valence-corrected chi connectivity index (χ0v) is 7.53. The van der Waals surface area contributed by atoms with Gasteiger partial charge in [-0.05, 0) is 7.05 Å². The van der Waals surface area contributed by atoms with E-state index in [4.69, 9.17) is 10.5 Å². The molecule has 0 aromatic heterocycles. The lowest BCUT2D eigenvalue weighted by Gasteiger charge is -2.12. The maximum Gasteiger partial charge on any atom is 0.0558 e. The molecular formula is C8H17N3O. The Hall–Kier alpha value is -0.740. The van der Waals surface area contributed by atoms with Gasteiger partial charge in [0.25, 0.3) is 0 Å². The standard InChI is InChI=1S/C8H17N3O/c1-11(7-8-12)6-5-10-4-2-3-9/h3-4,9,12H,2,5-8H2,1H3. The van der Waals surface area contributed by atoms with E-state index in [0.29, 0.717) is 13.0 Å². The summed E-state index contributed by atoms with van der Waals surface area (Å²) in [6.07, 6.45) is 3.67. The van der Waals surface area contributed by atoms with E-state index in [1.165, 1.54) is 6.21 Å². The fourth-order valence-corrected chi connectivity index (χ4v) is 0.729. The van der Waals surface area contributed by atoms with Crippen LogP contribution in [0, 0.1) is 5.41 Å². The third-order valence-electron chi connectivity index (χ3n) is 1.44. The second-order valence-corrected chi connectivity index (χ2v) is 2.56. The quantitative estimate of drug-likeness (QED) is 0.530. The maximum atomic E-state index is 8.57. The zero-order valence-electron chi connectivity index (χ0n) is 7.53. The van der Waals surface area contributed by atoms with Crippen molar-refractivity contribution >= 4 is 12.4 Å². The minimum atomic E-state index is 0.195. The highest BCUT2D eigenvalue weighted by atomic mass is 16.3. The van der Waals surface area contributed by atoms with Crippen molar-refractivity contribution in [3.8, 4) is 0 Å². The van der Waals surface area contributed by atoms with Crippen LogP contribution in [-0.4, -0.2) is 55.7 Å². The predicted molar refractivity (Wildman–Crippen MR) is 51.3 cm³/mol. The van der Waals surface area contributed by atoms with Gasteiger partial charge in [0, 0.05) is 31.9 Å². The first kappa shape index (κ1) is 11.3. The smallest absolute Gasteiger partial charge is 0.0558 e. The summed E-state index contributed by atoms with van der Waals surface area (Å²) in [4.78, 5) is 6.10. The van der Waals surface area contributed by atoms with Gasteiger partial charge in [-0.3, -0.25) is 4.99 Å². The predicted octanol–water partition coefficient (Wildman–Crippen LogP) is 0.0210. The summed E-state index contributed by atoms with van der Waals surface area (Å²) in [5, 5.41) is 15.3. The number of rotatable bonds is 7. The lowest BCUT2D eigenvalue weighted by Crippen LogP contribution is -2.24. The van der Waals surface area contributed by atoms with E-state index in [9.17, 15) is 0 Å². The number of hydrogen-bond acceptors (Lipinski definition) is 4. The highest BCUT2D eigenvalue weighted by Crippen LogP contribution is 1.81. The molecule has 70 valence electrons. The van der Waals surface area contributed by atoms with Gasteiger partial charge < -0.3 is 15.4 Å². The lowest BCUT2D eigenvalue weighted by molar-refractivity contribution is 0.225. The first-order valence-corrected chi connectivity index (χ1v) is 4.08. The molecule has 0 bridgehead atoms. The van der Waals surface area contributed by atoms with Crippen molar-refractivity contribution in [2.75, 3.05) is 33.3 Å². The number of likely N-dealkylation sites (N-methyl/N-ethyl adjacent to an activating group) is 1. The van der Waals surface area contributed by atoms with Gasteiger partial charge in [-0.15, -0.1) is 0 Å². The van der Waals surface area contributed by atoms with E-state index in [0.717, 1.165) is 13.1 Å². The summed E-state index contributed by atoms with van der Waals surface area (Å²) < 4.78 is 0. The number of aliphatic imine (C=N–C) groups is 1.